The van der Waals surface area contributed by atoms with E-state index in [0.29, 0.717) is 17.5 Å². The summed E-state index contributed by atoms with van der Waals surface area (Å²) in [6, 6.07) is 9.49. The molecule has 0 aliphatic carbocycles. The van der Waals surface area contributed by atoms with Gasteiger partial charge in [0.2, 0.25) is 5.88 Å². The molecule has 0 radical (unpaired) electrons. The summed E-state index contributed by atoms with van der Waals surface area (Å²) in [7, 11) is 1.65. The molecule has 0 aliphatic rings. The van der Waals surface area contributed by atoms with Gasteiger partial charge in [-0.2, -0.15) is 10.1 Å². The van der Waals surface area contributed by atoms with Crippen molar-refractivity contribution in [3.8, 4) is 23.2 Å². The number of methoxy groups -OCH3 is 1. The maximum atomic E-state index is 6.02. The summed E-state index contributed by atoms with van der Waals surface area (Å²) in [4.78, 5) is 9.84. The molecule has 0 amide bonds. The topological polar surface area (TPSA) is 62.1 Å². The first-order valence-corrected chi connectivity index (χ1v) is 9.02. The Labute approximate surface area is 151 Å². The van der Waals surface area contributed by atoms with E-state index in [9.17, 15) is 0 Å². The number of hydrogen-bond acceptors (Lipinski definition) is 6. The second-order valence-corrected chi connectivity index (χ2v) is 6.42. The van der Waals surface area contributed by atoms with Gasteiger partial charge in [-0.15, -0.1) is 11.8 Å². The summed E-state index contributed by atoms with van der Waals surface area (Å²) < 4.78 is 13.1. The summed E-state index contributed by atoms with van der Waals surface area (Å²) in [5.41, 5.74) is 1.95. The Kier molecular flexibility index (Phi) is 4.94. The molecule has 2 heterocycles. The highest BCUT2D eigenvalue weighted by Crippen LogP contribution is 2.34. The molecule has 0 unspecified atom stereocenters. The van der Waals surface area contributed by atoms with Gasteiger partial charge < -0.3 is 9.47 Å². The summed E-state index contributed by atoms with van der Waals surface area (Å²) in [5, 5.41) is 4.48. The Morgan fingerprint density at radius 2 is 1.84 bits per heavy atom. The van der Waals surface area contributed by atoms with Crippen molar-refractivity contribution in [2.24, 2.45) is 0 Å². The molecule has 6 nitrogen and oxygen atoms in total. The number of hydrogen-bond donors (Lipinski definition) is 0. The van der Waals surface area contributed by atoms with Crippen LogP contribution in [0.1, 0.15) is 17.2 Å². The molecule has 0 N–H and O–H groups in total. The van der Waals surface area contributed by atoms with Crippen LogP contribution in [0.25, 0.3) is 5.82 Å². The van der Waals surface area contributed by atoms with E-state index in [4.69, 9.17) is 9.47 Å². The summed E-state index contributed by atoms with van der Waals surface area (Å²) in [5.74, 6) is 3.31. The molecule has 7 heteroatoms. The summed E-state index contributed by atoms with van der Waals surface area (Å²) in [6.07, 6.45) is 1.99. The summed E-state index contributed by atoms with van der Waals surface area (Å²) in [6.45, 7) is 5.79. The zero-order valence-corrected chi connectivity index (χ0v) is 15.7. The molecule has 3 rings (SSSR count). The molecule has 0 atom stereocenters. The zero-order valence-electron chi connectivity index (χ0n) is 14.9. The van der Waals surface area contributed by atoms with Crippen molar-refractivity contribution in [2.45, 2.75) is 25.7 Å². The van der Waals surface area contributed by atoms with Gasteiger partial charge in [-0.25, -0.2) is 9.67 Å². The standard InChI is InChI=1S/C18H20N4O2S/c1-11-8-12(2)22(21-11)17-10-18(20-13(3)19-17)24-15-7-6-14(23-4)9-16(15)25-5/h6-10H,1-5H3. The van der Waals surface area contributed by atoms with E-state index in [-0.39, 0.29) is 0 Å². The number of thioether (sulfide) groups is 1. The lowest BCUT2D eigenvalue weighted by Crippen LogP contribution is -2.05. The number of aryl methyl sites for hydroxylation is 3. The van der Waals surface area contributed by atoms with Gasteiger partial charge in [-0.3, -0.25) is 0 Å². The van der Waals surface area contributed by atoms with Crippen LogP contribution < -0.4 is 9.47 Å². The Morgan fingerprint density at radius 1 is 1.04 bits per heavy atom. The predicted octanol–water partition coefficient (Wildman–Crippen LogP) is 4.11. The Bertz CT molecular complexity index is 908. The number of benzene rings is 1. The smallest absolute Gasteiger partial charge is 0.224 e. The van der Waals surface area contributed by atoms with Crippen molar-refractivity contribution in [2.75, 3.05) is 13.4 Å². The van der Waals surface area contributed by atoms with Crippen molar-refractivity contribution in [3.63, 3.8) is 0 Å². The first kappa shape index (κ1) is 17.3. The lowest BCUT2D eigenvalue weighted by Gasteiger charge is -2.12. The average Bonchev–Trinajstić information content (AvgIpc) is 2.93. The molecule has 3 aromatic rings. The minimum absolute atomic E-state index is 0.482. The van der Waals surface area contributed by atoms with E-state index in [2.05, 4.69) is 15.1 Å². The SMILES string of the molecule is COc1ccc(Oc2cc(-n3nc(C)cc3C)nc(C)n2)c(SC)c1. The third-order valence-corrected chi connectivity index (χ3v) is 4.37. The highest BCUT2D eigenvalue weighted by molar-refractivity contribution is 7.98. The van der Waals surface area contributed by atoms with Crippen LogP contribution in [0.3, 0.4) is 0 Å². The minimum Gasteiger partial charge on any atom is -0.497 e. The van der Waals surface area contributed by atoms with Crippen LogP contribution in [-0.4, -0.2) is 33.1 Å². The number of rotatable bonds is 5. The fraction of sp³-hybridized carbons (Fsp3) is 0.278. The molecule has 1 aromatic carbocycles. The van der Waals surface area contributed by atoms with Gasteiger partial charge in [0.15, 0.2) is 5.82 Å². The van der Waals surface area contributed by atoms with Gasteiger partial charge >= 0.3 is 0 Å². The molecule has 0 bridgehead atoms. The fourth-order valence-corrected chi connectivity index (χ4v) is 3.06. The quantitative estimate of drug-likeness (QED) is 0.641. The molecule has 0 fully saturated rings. The van der Waals surface area contributed by atoms with Crippen LogP contribution in [0.5, 0.6) is 17.4 Å². The number of ether oxygens (including phenoxy) is 2. The maximum Gasteiger partial charge on any atom is 0.224 e. The highest BCUT2D eigenvalue weighted by Gasteiger charge is 2.12. The van der Waals surface area contributed by atoms with Gasteiger partial charge in [0.25, 0.3) is 0 Å². The van der Waals surface area contributed by atoms with Crippen molar-refractivity contribution >= 4 is 11.8 Å². The van der Waals surface area contributed by atoms with Gasteiger partial charge in [-0.1, -0.05) is 0 Å². The molecule has 0 saturated carbocycles. The number of nitrogens with zero attached hydrogens (tertiary/aromatic N) is 4. The fourth-order valence-electron chi connectivity index (χ4n) is 2.52. The van der Waals surface area contributed by atoms with Crippen LogP contribution in [0.15, 0.2) is 35.2 Å². The average molecular weight is 356 g/mol. The van der Waals surface area contributed by atoms with Crippen LogP contribution in [0, 0.1) is 20.8 Å². The molecule has 2 aromatic heterocycles. The van der Waals surface area contributed by atoms with Gasteiger partial charge in [0.05, 0.1) is 17.7 Å². The lowest BCUT2D eigenvalue weighted by molar-refractivity contribution is 0.408. The van der Waals surface area contributed by atoms with E-state index in [0.717, 1.165) is 27.8 Å². The number of aromatic nitrogens is 4. The minimum atomic E-state index is 0.482. The first-order valence-electron chi connectivity index (χ1n) is 7.79. The molecule has 0 spiro atoms. The van der Waals surface area contributed by atoms with E-state index in [1.54, 1.807) is 29.6 Å². The van der Waals surface area contributed by atoms with E-state index < -0.39 is 0 Å². The molecular formula is C18H20N4O2S. The molecule has 0 aliphatic heterocycles. The zero-order chi connectivity index (χ0) is 18.0. The van der Waals surface area contributed by atoms with Crippen LogP contribution >= 0.6 is 11.8 Å². The predicted molar refractivity (Wildman–Crippen MR) is 98.2 cm³/mol. The Morgan fingerprint density at radius 3 is 2.48 bits per heavy atom. The molecule has 130 valence electrons. The second kappa shape index (κ2) is 7.14. The van der Waals surface area contributed by atoms with Gasteiger partial charge in [0.1, 0.15) is 17.3 Å². The van der Waals surface area contributed by atoms with Crippen LogP contribution in [-0.2, 0) is 0 Å². The maximum absolute atomic E-state index is 6.02. The van der Waals surface area contributed by atoms with Gasteiger partial charge in [-0.05, 0) is 51.3 Å². The van der Waals surface area contributed by atoms with Crippen molar-refractivity contribution < 1.29 is 9.47 Å². The van der Waals surface area contributed by atoms with Crippen molar-refractivity contribution in [1.29, 1.82) is 0 Å². The molecular weight excluding hydrogens is 336 g/mol. The van der Waals surface area contributed by atoms with E-state index in [1.165, 1.54) is 0 Å². The van der Waals surface area contributed by atoms with Gasteiger partial charge in [0, 0.05) is 11.8 Å². The van der Waals surface area contributed by atoms with Crippen LogP contribution in [0.2, 0.25) is 0 Å². The van der Waals surface area contributed by atoms with E-state index in [1.807, 2.05) is 51.3 Å². The van der Waals surface area contributed by atoms with Crippen molar-refractivity contribution in [3.05, 3.63) is 47.5 Å². The highest BCUT2D eigenvalue weighted by atomic mass is 32.2. The van der Waals surface area contributed by atoms with Crippen molar-refractivity contribution in [1.82, 2.24) is 19.7 Å². The van der Waals surface area contributed by atoms with E-state index >= 15 is 0 Å². The second-order valence-electron chi connectivity index (χ2n) is 5.57. The third-order valence-electron chi connectivity index (χ3n) is 3.61. The largest absolute Gasteiger partial charge is 0.497 e. The molecule has 0 saturated heterocycles. The first-order chi connectivity index (χ1) is 12.0. The molecule has 25 heavy (non-hydrogen) atoms. The normalized spacial score (nSPS) is 10.8. The Hall–Kier alpha value is -2.54. The monoisotopic (exact) mass is 356 g/mol. The Balaban J connectivity index is 1.97. The van der Waals surface area contributed by atoms with Crippen LogP contribution in [0.4, 0.5) is 0 Å². The lowest BCUT2D eigenvalue weighted by atomic mass is 10.3. The summed E-state index contributed by atoms with van der Waals surface area (Å²) >= 11 is 1.59. The third kappa shape index (κ3) is 3.76.